The van der Waals surface area contributed by atoms with Crippen molar-refractivity contribution in [3.63, 3.8) is 0 Å². The highest BCUT2D eigenvalue weighted by Crippen LogP contribution is 2.31. The molecule has 1 aromatic rings. The Balaban J connectivity index is 2.27. The number of ether oxygens (including phenoxy) is 1. The van der Waals surface area contributed by atoms with Crippen LogP contribution in [-0.2, 0) is 10.0 Å². The Morgan fingerprint density at radius 3 is 2.69 bits per heavy atom. The van der Waals surface area contributed by atoms with Crippen molar-refractivity contribution in [2.75, 3.05) is 6.61 Å². The van der Waals surface area contributed by atoms with Gasteiger partial charge in [0.15, 0.2) is 0 Å². The van der Waals surface area contributed by atoms with Crippen molar-refractivity contribution in [1.29, 1.82) is 0 Å². The SMILES string of the molecule is NS(=O)(=O)c1cc(F)ccc1OCC1CC1. The molecule has 1 aliphatic rings. The molecule has 0 atom stereocenters. The number of hydrogen-bond donors (Lipinski definition) is 1. The van der Waals surface area contributed by atoms with E-state index in [-0.39, 0.29) is 10.6 Å². The van der Waals surface area contributed by atoms with Crippen LogP contribution >= 0.6 is 0 Å². The Morgan fingerprint density at radius 2 is 2.12 bits per heavy atom. The molecule has 1 aliphatic carbocycles. The number of nitrogens with two attached hydrogens (primary N) is 1. The van der Waals surface area contributed by atoms with Crippen molar-refractivity contribution < 1.29 is 17.5 Å². The number of benzene rings is 1. The number of halogens is 1. The van der Waals surface area contributed by atoms with E-state index in [9.17, 15) is 12.8 Å². The van der Waals surface area contributed by atoms with Crippen LogP contribution in [0, 0.1) is 11.7 Å². The number of primary sulfonamides is 1. The summed E-state index contributed by atoms with van der Waals surface area (Å²) >= 11 is 0. The summed E-state index contributed by atoms with van der Waals surface area (Å²) in [6.07, 6.45) is 2.18. The molecule has 0 radical (unpaired) electrons. The van der Waals surface area contributed by atoms with Crippen molar-refractivity contribution in [3.05, 3.63) is 24.0 Å². The van der Waals surface area contributed by atoms with Crippen molar-refractivity contribution >= 4 is 10.0 Å². The van der Waals surface area contributed by atoms with Crippen LogP contribution in [0.1, 0.15) is 12.8 Å². The van der Waals surface area contributed by atoms with Gasteiger partial charge in [-0.15, -0.1) is 0 Å². The maximum Gasteiger partial charge on any atom is 0.241 e. The van der Waals surface area contributed by atoms with Gasteiger partial charge in [-0.1, -0.05) is 0 Å². The van der Waals surface area contributed by atoms with Gasteiger partial charge in [0.1, 0.15) is 16.5 Å². The first-order valence-corrected chi connectivity index (χ1v) is 6.46. The van der Waals surface area contributed by atoms with Crippen molar-refractivity contribution in [1.82, 2.24) is 0 Å². The minimum Gasteiger partial charge on any atom is -0.492 e. The lowest BCUT2D eigenvalue weighted by atomic mass is 10.3. The molecule has 1 aromatic carbocycles. The third-order valence-corrected chi connectivity index (χ3v) is 3.32. The fraction of sp³-hybridized carbons (Fsp3) is 0.400. The van der Waals surface area contributed by atoms with Gasteiger partial charge in [-0.3, -0.25) is 0 Å². The summed E-state index contributed by atoms with van der Waals surface area (Å²) in [5.41, 5.74) is 0. The van der Waals surface area contributed by atoms with Crippen LogP contribution < -0.4 is 9.88 Å². The van der Waals surface area contributed by atoms with E-state index in [0.29, 0.717) is 12.5 Å². The van der Waals surface area contributed by atoms with Gasteiger partial charge in [0, 0.05) is 0 Å². The number of rotatable bonds is 4. The Hall–Kier alpha value is -1.14. The highest BCUT2D eigenvalue weighted by molar-refractivity contribution is 7.89. The average molecular weight is 245 g/mol. The molecule has 4 nitrogen and oxygen atoms in total. The van der Waals surface area contributed by atoms with Gasteiger partial charge < -0.3 is 4.74 Å². The monoisotopic (exact) mass is 245 g/mol. The minimum atomic E-state index is -3.95. The zero-order valence-electron chi connectivity index (χ0n) is 8.52. The lowest BCUT2D eigenvalue weighted by Crippen LogP contribution is -2.14. The molecule has 0 bridgehead atoms. The summed E-state index contributed by atoms with van der Waals surface area (Å²) in [7, 11) is -3.95. The first-order valence-electron chi connectivity index (χ1n) is 4.92. The summed E-state index contributed by atoms with van der Waals surface area (Å²) in [5, 5.41) is 4.97. The van der Waals surface area contributed by atoms with E-state index in [0.717, 1.165) is 25.0 Å². The Kier molecular flexibility index (Phi) is 2.86. The molecule has 0 spiro atoms. The molecule has 1 saturated carbocycles. The van der Waals surface area contributed by atoms with Gasteiger partial charge in [-0.05, 0) is 37.0 Å². The van der Waals surface area contributed by atoms with Crippen LogP contribution in [-0.4, -0.2) is 15.0 Å². The zero-order chi connectivity index (χ0) is 11.8. The van der Waals surface area contributed by atoms with Crippen molar-refractivity contribution in [2.24, 2.45) is 11.1 Å². The summed E-state index contributed by atoms with van der Waals surface area (Å²) < 4.78 is 40.6. The van der Waals surface area contributed by atoms with Crippen LogP contribution in [0.3, 0.4) is 0 Å². The second kappa shape index (κ2) is 4.03. The van der Waals surface area contributed by atoms with E-state index in [4.69, 9.17) is 9.88 Å². The van der Waals surface area contributed by atoms with Crippen molar-refractivity contribution in [3.8, 4) is 5.75 Å². The van der Waals surface area contributed by atoms with Gasteiger partial charge in [0.25, 0.3) is 0 Å². The predicted molar refractivity (Wildman–Crippen MR) is 56.0 cm³/mol. The molecular formula is C10H12FNO3S. The van der Waals surface area contributed by atoms with E-state index in [2.05, 4.69) is 0 Å². The topological polar surface area (TPSA) is 69.4 Å². The predicted octanol–water partition coefficient (Wildman–Crippen LogP) is 1.26. The van der Waals surface area contributed by atoms with Gasteiger partial charge in [-0.2, -0.15) is 0 Å². The molecule has 0 aromatic heterocycles. The van der Waals surface area contributed by atoms with E-state index in [1.165, 1.54) is 6.07 Å². The van der Waals surface area contributed by atoms with E-state index < -0.39 is 15.8 Å². The van der Waals surface area contributed by atoms with Crippen LogP contribution in [0.25, 0.3) is 0 Å². The Bertz CT molecular complexity index is 497. The molecule has 0 aliphatic heterocycles. The molecule has 0 saturated heterocycles. The van der Waals surface area contributed by atoms with Gasteiger partial charge in [0.2, 0.25) is 10.0 Å². The Labute approximate surface area is 93.3 Å². The van der Waals surface area contributed by atoms with Crippen LogP contribution in [0.4, 0.5) is 4.39 Å². The lowest BCUT2D eigenvalue weighted by Gasteiger charge is -2.09. The molecule has 0 unspecified atom stereocenters. The lowest BCUT2D eigenvalue weighted by molar-refractivity contribution is 0.291. The molecule has 0 amide bonds. The number of hydrogen-bond acceptors (Lipinski definition) is 3. The minimum absolute atomic E-state index is 0.121. The second-order valence-electron chi connectivity index (χ2n) is 3.89. The third-order valence-electron chi connectivity index (χ3n) is 2.38. The Morgan fingerprint density at radius 1 is 1.44 bits per heavy atom. The quantitative estimate of drug-likeness (QED) is 0.868. The standard InChI is InChI=1S/C10H12FNO3S/c11-8-3-4-9(15-6-7-1-2-7)10(5-8)16(12,13)14/h3-5,7H,1-2,6H2,(H2,12,13,14). The molecule has 0 heterocycles. The first-order chi connectivity index (χ1) is 7.47. The van der Waals surface area contributed by atoms with Gasteiger partial charge >= 0.3 is 0 Å². The fourth-order valence-electron chi connectivity index (χ4n) is 1.32. The van der Waals surface area contributed by atoms with E-state index in [1.54, 1.807) is 0 Å². The summed E-state index contributed by atoms with van der Waals surface area (Å²) in [6.45, 7) is 0.453. The first kappa shape index (κ1) is 11.3. The summed E-state index contributed by atoms with van der Waals surface area (Å²) in [6, 6.07) is 3.31. The molecule has 16 heavy (non-hydrogen) atoms. The molecule has 88 valence electrons. The zero-order valence-corrected chi connectivity index (χ0v) is 9.34. The van der Waals surface area contributed by atoms with Crippen LogP contribution in [0.5, 0.6) is 5.75 Å². The maximum atomic E-state index is 12.9. The normalized spacial score (nSPS) is 16.1. The molecule has 2 rings (SSSR count). The number of sulfonamides is 1. The molecule has 6 heteroatoms. The molecule has 2 N–H and O–H groups in total. The highest BCUT2D eigenvalue weighted by atomic mass is 32.2. The molecular weight excluding hydrogens is 233 g/mol. The third kappa shape index (κ3) is 2.70. The second-order valence-corrected chi connectivity index (χ2v) is 5.42. The summed E-state index contributed by atoms with van der Waals surface area (Å²) in [4.78, 5) is -0.298. The fourth-order valence-corrected chi connectivity index (χ4v) is 2.00. The highest BCUT2D eigenvalue weighted by Gasteiger charge is 2.23. The van der Waals surface area contributed by atoms with Gasteiger partial charge in [-0.25, -0.2) is 17.9 Å². The summed E-state index contributed by atoms with van der Waals surface area (Å²) in [5.74, 6) is -0.0445. The molecule has 1 fully saturated rings. The average Bonchev–Trinajstić information content (AvgIpc) is 2.98. The smallest absolute Gasteiger partial charge is 0.241 e. The van der Waals surface area contributed by atoms with E-state index in [1.807, 2.05) is 0 Å². The van der Waals surface area contributed by atoms with E-state index >= 15 is 0 Å². The van der Waals surface area contributed by atoms with Crippen molar-refractivity contribution in [2.45, 2.75) is 17.7 Å². The van der Waals surface area contributed by atoms with Gasteiger partial charge in [0.05, 0.1) is 6.61 Å². The van der Waals surface area contributed by atoms with Crippen LogP contribution in [0.15, 0.2) is 23.1 Å². The van der Waals surface area contributed by atoms with Crippen LogP contribution in [0.2, 0.25) is 0 Å². The maximum absolute atomic E-state index is 12.9. The largest absolute Gasteiger partial charge is 0.492 e.